The van der Waals surface area contributed by atoms with E-state index in [9.17, 15) is 9.59 Å². The van der Waals surface area contributed by atoms with E-state index < -0.39 is 12.0 Å². The number of allylic oxidation sites excluding steroid dienone is 1. The molecule has 1 aromatic heterocycles. The first-order valence-corrected chi connectivity index (χ1v) is 11.1. The van der Waals surface area contributed by atoms with E-state index in [1.807, 2.05) is 0 Å². The molecule has 2 heterocycles. The molecule has 2 aromatic carbocycles. The lowest BCUT2D eigenvalue weighted by molar-refractivity contribution is -0.136. The minimum Gasteiger partial charge on any atom is -0.466 e. The van der Waals surface area contributed by atoms with Crippen LogP contribution in [-0.4, -0.2) is 17.6 Å². The number of carbonyl (C=O) groups excluding carboxylic acids is 1. The van der Waals surface area contributed by atoms with E-state index in [0.717, 1.165) is 11.1 Å². The van der Waals surface area contributed by atoms with Gasteiger partial charge in [-0.1, -0.05) is 64.3 Å². The Labute approximate surface area is 196 Å². The van der Waals surface area contributed by atoms with Crippen LogP contribution in [-0.2, 0) is 9.53 Å². The predicted molar refractivity (Wildman–Crippen MR) is 124 cm³/mol. The summed E-state index contributed by atoms with van der Waals surface area (Å²) in [5.74, 6) is -0.542. The van der Waals surface area contributed by atoms with E-state index in [1.54, 1.807) is 55.5 Å². The van der Waals surface area contributed by atoms with Crippen LogP contribution in [0.3, 0.4) is 0 Å². The molecule has 0 spiro atoms. The molecule has 0 N–H and O–H groups in total. The van der Waals surface area contributed by atoms with E-state index in [4.69, 9.17) is 39.5 Å². The molecule has 0 amide bonds. The summed E-state index contributed by atoms with van der Waals surface area (Å²) in [6.07, 6.45) is 1.72. The second kappa shape index (κ2) is 8.63. The lowest BCUT2D eigenvalue weighted by atomic mass is 9.96. The summed E-state index contributed by atoms with van der Waals surface area (Å²) in [5.41, 5.74) is 1.98. The summed E-state index contributed by atoms with van der Waals surface area (Å²) in [4.78, 5) is 31.0. The highest BCUT2D eigenvalue weighted by molar-refractivity contribution is 7.07. The van der Waals surface area contributed by atoms with E-state index in [2.05, 4.69) is 4.99 Å². The van der Waals surface area contributed by atoms with Gasteiger partial charge in [0, 0.05) is 5.02 Å². The van der Waals surface area contributed by atoms with Crippen LogP contribution in [0.2, 0.25) is 15.1 Å². The van der Waals surface area contributed by atoms with Crippen LogP contribution in [0.5, 0.6) is 0 Å². The quantitative estimate of drug-likeness (QED) is 0.509. The molecule has 0 saturated carbocycles. The van der Waals surface area contributed by atoms with Gasteiger partial charge in [0.1, 0.15) is 0 Å². The van der Waals surface area contributed by atoms with E-state index in [0.29, 0.717) is 35.7 Å². The van der Waals surface area contributed by atoms with Crippen LogP contribution >= 0.6 is 46.1 Å². The third-order valence-electron chi connectivity index (χ3n) is 4.85. The Morgan fingerprint density at radius 2 is 1.84 bits per heavy atom. The molecular formula is C22H15Cl3N2O3S. The van der Waals surface area contributed by atoms with Gasteiger partial charge in [-0.25, -0.2) is 9.79 Å². The molecule has 0 bridgehead atoms. The van der Waals surface area contributed by atoms with Crippen LogP contribution in [0, 0.1) is 0 Å². The van der Waals surface area contributed by atoms with Crippen molar-refractivity contribution in [2.45, 2.75) is 13.0 Å². The molecule has 0 aliphatic carbocycles. The first-order chi connectivity index (χ1) is 14.8. The molecule has 1 aliphatic heterocycles. The van der Waals surface area contributed by atoms with Crippen LogP contribution in [0.25, 0.3) is 6.08 Å². The fourth-order valence-corrected chi connectivity index (χ4v) is 4.89. The van der Waals surface area contributed by atoms with Gasteiger partial charge >= 0.3 is 5.97 Å². The van der Waals surface area contributed by atoms with Crippen LogP contribution in [0.4, 0.5) is 0 Å². The number of fused-ring (bicyclic) bond motifs is 1. The fraction of sp³-hybridized carbons (Fsp3) is 0.136. The molecule has 1 aliphatic rings. The van der Waals surface area contributed by atoms with Crippen molar-refractivity contribution in [1.29, 1.82) is 0 Å². The average molecular weight is 494 g/mol. The Hall–Kier alpha value is -2.38. The van der Waals surface area contributed by atoms with Gasteiger partial charge in [-0.15, -0.1) is 0 Å². The molecule has 158 valence electrons. The summed E-state index contributed by atoms with van der Waals surface area (Å²) < 4.78 is 6.95. The summed E-state index contributed by atoms with van der Waals surface area (Å²) in [6, 6.07) is 11.4. The van der Waals surface area contributed by atoms with Crippen LogP contribution in [0.15, 0.2) is 63.5 Å². The van der Waals surface area contributed by atoms with Crippen molar-refractivity contribution in [1.82, 2.24) is 4.57 Å². The molecule has 4 rings (SSSR count). The lowest BCUT2D eigenvalue weighted by Gasteiger charge is -2.24. The highest BCUT2D eigenvalue weighted by Gasteiger charge is 2.33. The van der Waals surface area contributed by atoms with Crippen molar-refractivity contribution in [2.75, 3.05) is 7.11 Å². The number of halogens is 3. The lowest BCUT2D eigenvalue weighted by Crippen LogP contribution is -2.39. The number of ether oxygens (including phenoxy) is 1. The maximum Gasteiger partial charge on any atom is 0.338 e. The molecule has 0 radical (unpaired) electrons. The van der Waals surface area contributed by atoms with Crippen molar-refractivity contribution in [3.63, 3.8) is 0 Å². The second-order valence-electron chi connectivity index (χ2n) is 6.80. The van der Waals surface area contributed by atoms with E-state index >= 15 is 0 Å². The molecule has 3 aromatic rings. The van der Waals surface area contributed by atoms with Gasteiger partial charge in [-0.2, -0.15) is 0 Å². The molecule has 9 heteroatoms. The zero-order chi connectivity index (χ0) is 22.3. The van der Waals surface area contributed by atoms with Gasteiger partial charge in [0.25, 0.3) is 5.56 Å². The first kappa shape index (κ1) is 21.8. The molecule has 1 unspecified atom stereocenters. The number of nitrogens with zero attached hydrogens (tertiary/aromatic N) is 2. The van der Waals surface area contributed by atoms with E-state index in [-0.39, 0.29) is 5.56 Å². The smallest absolute Gasteiger partial charge is 0.338 e. The van der Waals surface area contributed by atoms with Crippen molar-refractivity contribution < 1.29 is 9.53 Å². The number of hydrogen-bond donors (Lipinski definition) is 0. The van der Waals surface area contributed by atoms with Crippen molar-refractivity contribution in [3.05, 3.63) is 99.6 Å². The first-order valence-electron chi connectivity index (χ1n) is 9.11. The third-order valence-corrected chi connectivity index (χ3v) is 6.83. The number of esters is 1. The number of methoxy groups -OCH3 is 1. The minimum atomic E-state index is -0.683. The summed E-state index contributed by atoms with van der Waals surface area (Å²) >= 11 is 19.4. The average Bonchev–Trinajstić information content (AvgIpc) is 3.04. The largest absolute Gasteiger partial charge is 0.466 e. The fourth-order valence-electron chi connectivity index (χ4n) is 3.41. The Bertz CT molecular complexity index is 1410. The zero-order valence-electron chi connectivity index (χ0n) is 16.4. The molecule has 31 heavy (non-hydrogen) atoms. The Kier molecular flexibility index (Phi) is 6.08. The highest BCUT2D eigenvalue weighted by atomic mass is 35.5. The van der Waals surface area contributed by atoms with Gasteiger partial charge in [-0.3, -0.25) is 9.36 Å². The highest BCUT2D eigenvalue weighted by Crippen LogP contribution is 2.31. The Morgan fingerprint density at radius 1 is 1.13 bits per heavy atom. The second-order valence-corrected chi connectivity index (χ2v) is 9.06. The Balaban J connectivity index is 1.97. The standard InChI is InChI=1S/C22H15Cl3N2O3S/c1-11-18(21(29)30-2)19(13-4-6-14(23)7-5-13)27-20(28)17(31-22(27)26-11)10-12-3-8-15(24)16(25)9-12/h3-10,19H,1-2H3. The molecule has 1 atom stereocenters. The third kappa shape index (κ3) is 4.08. The van der Waals surface area contributed by atoms with Crippen molar-refractivity contribution in [2.24, 2.45) is 4.99 Å². The van der Waals surface area contributed by atoms with Gasteiger partial charge in [0.15, 0.2) is 4.80 Å². The number of hydrogen-bond acceptors (Lipinski definition) is 5. The van der Waals surface area contributed by atoms with Gasteiger partial charge in [0.2, 0.25) is 0 Å². The van der Waals surface area contributed by atoms with Crippen LogP contribution < -0.4 is 14.9 Å². The maximum absolute atomic E-state index is 13.4. The molecule has 0 saturated heterocycles. The number of carbonyl (C=O) groups is 1. The van der Waals surface area contributed by atoms with Crippen LogP contribution in [0.1, 0.15) is 24.1 Å². The number of aromatic nitrogens is 1. The summed E-state index contributed by atoms with van der Waals surface area (Å²) in [5, 5.41) is 1.38. The Morgan fingerprint density at radius 3 is 2.48 bits per heavy atom. The van der Waals surface area contributed by atoms with Gasteiger partial charge in [0.05, 0.1) is 39.0 Å². The predicted octanol–water partition coefficient (Wildman–Crippen LogP) is 4.37. The summed E-state index contributed by atoms with van der Waals surface area (Å²) in [6.45, 7) is 1.73. The van der Waals surface area contributed by atoms with Crippen molar-refractivity contribution >= 4 is 58.2 Å². The number of thiazole rings is 1. The zero-order valence-corrected chi connectivity index (χ0v) is 19.4. The molecule has 5 nitrogen and oxygen atoms in total. The monoisotopic (exact) mass is 492 g/mol. The summed E-state index contributed by atoms with van der Waals surface area (Å²) in [7, 11) is 1.30. The maximum atomic E-state index is 13.4. The molecular weight excluding hydrogens is 479 g/mol. The van der Waals surface area contributed by atoms with E-state index in [1.165, 1.54) is 23.0 Å². The molecule has 0 fully saturated rings. The minimum absolute atomic E-state index is 0.274. The van der Waals surface area contributed by atoms with Gasteiger partial charge < -0.3 is 4.74 Å². The van der Waals surface area contributed by atoms with Crippen molar-refractivity contribution in [3.8, 4) is 0 Å². The van der Waals surface area contributed by atoms with Gasteiger partial charge in [-0.05, 0) is 48.4 Å². The number of rotatable bonds is 3. The topological polar surface area (TPSA) is 60.7 Å². The number of benzene rings is 2. The normalized spacial score (nSPS) is 16.2. The SMILES string of the molecule is COC(=O)C1=C(C)N=c2sc(=Cc3ccc(Cl)c(Cl)c3)c(=O)n2C1c1ccc(Cl)cc1.